The Hall–Kier alpha value is -3.14. The minimum Gasteiger partial charge on any atom is -0.454 e. The van der Waals surface area contributed by atoms with Gasteiger partial charge in [-0.15, -0.1) is 11.8 Å². The highest BCUT2D eigenvalue weighted by atomic mass is 32.2. The van der Waals surface area contributed by atoms with E-state index in [1.165, 1.54) is 11.8 Å². The lowest BCUT2D eigenvalue weighted by Gasteiger charge is -2.12. The van der Waals surface area contributed by atoms with Crippen LogP contribution < -0.4 is 10.6 Å². The largest absolute Gasteiger partial charge is 0.454 e. The molecule has 2 heterocycles. The Morgan fingerprint density at radius 2 is 2.04 bits per heavy atom. The zero-order chi connectivity index (χ0) is 20.1. The molecule has 0 spiro atoms. The lowest BCUT2D eigenvalue weighted by molar-refractivity contribution is 0.0458. The molecule has 0 bridgehead atoms. The summed E-state index contributed by atoms with van der Waals surface area (Å²) >= 11 is 1.47. The number of nitrogen functional groups attached to an aromatic ring is 1. The van der Waals surface area contributed by atoms with Gasteiger partial charge in [0.05, 0.1) is 17.0 Å². The summed E-state index contributed by atoms with van der Waals surface area (Å²) in [5.41, 5.74) is 6.96. The summed E-state index contributed by atoms with van der Waals surface area (Å²) in [6.07, 6.45) is 0. The molecule has 0 radical (unpaired) electrons. The van der Waals surface area contributed by atoms with E-state index in [1.54, 1.807) is 31.1 Å². The summed E-state index contributed by atoms with van der Waals surface area (Å²) in [4.78, 5) is 27.3. The molecule has 0 fully saturated rings. The van der Waals surface area contributed by atoms with Crippen molar-refractivity contribution in [3.8, 4) is 0 Å². The highest BCUT2D eigenvalue weighted by Gasteiger charge is 2.15. The normalized spacial score (nSPS) is 10.7. The Bertz CT molecular complexity index is 975. The van der Waals surface area contributed by atoms with E-state index in [0.29, 0.717) is 17.3 Å². The predicted molar refractivity (Wildman–Crippen MR) is 105 cm³/mol. The van der Waals surface area contributed by atoms with Crippen LogP contribution in [-0.2, 0) is 17.1 Å². The first-order valence-electron chi connectivity index (χ1n) is 8.41. The van der Waals surface area contributed by atoms with Crippen molar-refractivity contribution in [1.29, 1.82) is 0 Å². The number of rotatable bonds is 7. The summed E-state index contributed by atoms with van der Waals surface area (Å²) in [7, 11) is 3.57. The van der Waals surface area contributed by atoms with E-state index >= 15 is 0 Å². The molecule has 0 atom stereocenters. The van der Waals surface area contributed by atoms with Crippen LogP contribution >= 0.6 is 11.8 Å². The van der Waals surface area contributed by atoms with Crippen molar-refractivity contribution >= 4 is 29.6 Å². The molecule has 3 rings (SSSR count). The molecule has 0 aliphatic heterocycles. The average molecular weight is 400 g/mol. The monoisotopic (exact) mass is 400 g/mol. The van der Waals surface area contributed by atoms with Gasteiger partial charge in [-0.1, -0.05) is 17.3 Å². The summed E-state index contributed by atoms with van der Waals surface area (Å²) in [6, 6.07) is 9.07. The predicted octanol–water partition coefficient (Wildman–Crippen LogP) is 2.47. The number of nitrogens with two attached hydrogens (primary N) is 1. The Labute approximate surface area is 166 Å². The molecule has 0 aliphatic rings. The molecule has 3 aromatic rings. The maximum absolute atomic E-state index is 12.6. The lowest BCUT2D eigenvalue weighted by Crippen LogP contribution is -2.17. The van der Waals surface area contributed by atoms with Crippen molar-refractivity contribution in [2.24, 2.45) is 0 Å². The first-order valence-corrected chi connectivity index (χ1v) is 9.40. The third-order valence-corrected chi connectivity index (χ3v) is 4.67. The van der Waals surface area contributed by atoms with Crippen molar-refractivity contribution in [3.63, 3.8) is 0 Å². The van der Waals surface area contributed by atoms with Gasteiger partial charge in [0, 0.05) is 25.1 Å². The molecule has 0 unspecified atom stereocenters. The van der Waals surface area contributed by atoms with Gasteiger partial charge in [0.15, 0.2) is 12.4 Å². The highest BCUT2D eigenvalue weighted by molar-refractivity contribution is 7.98. The molecule has 0 saturated carbocycles. The van der Waals surface area contributed by atoms with E-state index in [2.05, 4.69) is 20.1 Å². The Morgan fingerprint density at radius 1 is 1.25 bits per heavy atom. The number of esters is 1. The van der Waals surface area contributed by atoms with E-state index < -0.39 is 5.97 Å². The molecule has 0 amide bonds. The topological polar surface area (TPSA) is 120 Å². The number of benzene rings is 1. The van der Waals surface area contributed by atoms with Crippen LogP contribution in [0.25, 0.3) is 0 Å². The molecule has 2 aromatic heterocycles. The smallest absolute Gasteiger partial charge is 0.339 e. The van der Waals surface area contributed by atoms with Crippen LogP contribution in [0.2, 0.25) is 0 Å². The van der Waals surface area contributed by atoms with E-state index in [4.69, 9.17) is 15.0 Å². The zero-order valence-electron chi connectivity index (χ0n) is 15.7. The second-order valence-electron chi connectivity index (χ2n) is 6.10. The van der Waals surface area contributed by atoms with Crippen LogP contribution in [0.15, 0.2) is 39.8 Å². The van der Waals surface area contributed by atoms with E-state index in [-0.39, 0.29) is 18.4 Å². The first-order chi connectivity index (χ1) is 13.4. The number of anilines is 2. The van der Waals surface area contributed by atoms with Gasteiger partial charge in [0.2, 0.25) is 11.9 Å². The number of carbonyl (C=O) groups is 1. The molecule has 2 N–H and O–H groups in total. The van der Waals surface area contributed by atoms with Crippen molar-refractivity contribution < 1.29 is 14.1 Å². The number of hydrogen-bond acceptors (Lipinski definition) is 10. The van der Waals surface area contributed by atoms with Crippen LogP contribution in [0.3, 0.4) is 0 Å². The van der Waals surface area contributed by atoms with Crippen molar-refractivity contribution in [1.82, 2.24) is 20.1 Å². The molecular formula is C18H20N6O3S. The third kappa shape index (κ3) is 4.97. The van der Waals surface area contributed by atoms with Gasteiger partial charge >= 0.3 is 5.97 Å². The van der Waals surface area contributed by atoms with Gasteiger partial charge in [0.25, 0.3) is 0 Å². The zero-order valence-corrected chi connectivity index (χ0v) is 16.6. The second-order valence-corrected chi connectivity index (χ2v) is 7.12. The van der Waals surface area contributed by atoms with Gasteiger partial charge in [0.1, 0.15) is 5.76 Å². The molecule has 146 valence electrons. The molecule has 0 aliphatic carbocycles. The van der Waals surface area contributed by atoms with Crippen LogP contribution in [0.1, 0.15) is 27.6 Å². The van der Waals surface area contributed by atoms with Crippen LogP contribution in [0.5, 0.6) is 0 Å². The maximum Gasteiger partial charge on any atom is 0.339 e. The summed E-state index contributed by atoms with van der Waals surface area (Å²) in [5.74, 6) is 1.58. The number of ether oxygens (including phenoxy) is 1. The number of aromatic nitrogens is 4. The number of thioether (sulfide) groups is 1. The second kappa shape index (κ2) is 8.70. The lowest BCUT2D eigenvalue weighted by atomic mass is 10.2. The number of carbonyl (C=O) groups excluding carboxylic acids is 1. The van der Waals surface area contributed by atoms with Crippen molar-refractivity contribution in [2.75, 3.05) is 24.7 Å². The number of hydrogen-bond donors (Lipinski definition) is 1. The standard InChI is InChI=1S/C18H20N6O3S/c1-11-8-12(27-23-11)10-28-14-7-5-4-6-13(14)16(25)26-9-15-20-17(19)22-18(21-15)24(2)3/h4-8H,9-10H2,1-3H3,(H2,19,20,21,22). The van der Waals surface area contributed by atoms with E-state index in [9.17, 15) is 4.79 Å². The van der Waals surface area contributed by atoms with Crippen LogP contribution in [0, 0.1) is 6.92 Å². The van der Waals surface area contributed by atoms with E-state index in [0.717, 1.165) is 16.3 Å². The van der Waals surface area contributed by atoms with Gasteiger partial charge in [-0.3, -0.25) is 0 Å². The quantitative estimate of drug-likeness (QED) is 0.467. The van der Waals surface area contributed by atoms with Gasteiger partial charge in [-0.2, -0.15) is 15.0 Å². The van der Waals surface area contributed by atoms with Gasteiger partial charge in [-0.25, -0.2) is 4.79 Å². The fourth-order valence-corrected chi connectivity index (χ4v) is 3.21. The maximum atomic E-state index is 12.6. The molecule has 10 heteroatoms. The molecule has 28 heavy (non-hydrogen) atoms. The first kappa shape index (κ1) is 19.6. The molecular weight excluding hydrogens is 380 g/mol. The Kier molecular flexibility index (Phi) is 6.09. The average Bonchev–Trinajstić information content (AvgIpc) is 3.09. The number of aryl methyl sites for hydroxylation is 1. The molecule has 9 nitrogen and oxygen atoms in total. The van der Waals surface area contributed by atoms with Crippen molar-refractivity contribution in [3.05, 3.63) is 53.2 Å². The minimum absolute atomic E-state index is 0.0723. The fraction of sp³-hybridized carbons (Fsp3) is 0.278. The fourth-order valence-electron chi connectivity index (χ4n) is 2.29. The number of nitrogens with zero attached hydrogens (tertiary/aromatic N) is 5. The Morgan fingerprint density at radius 3 is 2.75 bits per heavy atom. The Balaban J connectivity index is 1.68. The van der Waals surface area contributed by atoms with Gasteiger partial charge in [-0.05, 0) is 19.1 Å². The SMILES string of the molecule is Cc1cc(CSc2ccccc2C(=O)OCc2nc(N)nc(N(C)C)n2)on1. The van der Waals surface area contributed by atoms with Crippen molar-refractivity contribution in [2.45, 2.75) is 24.2 Å². The summed E-state index contributed by atoms with van der Waals surface area (Å²) in [6.45, 7) is 1.76. The third-order valence-electron chi connectivity index (χ3n) is 3.57. The molecule has 1 aromatic carbocycles. The summed E-state index contributed by atoms with van der Waals surface area (Å²) < 4.78 is 10.6. The van der Waals surface area contributed by atoms with Gasteiger partial charge < -0.3 is 19.9 Å². The van der Waals surface area contributed by atoms with E-state index in [1.807, 2.05) is 25.1 Å². The van der Waals surface area contributed by atoms with Crippen LogP contribution in [-0.4, -0.2) is 40.2 Å². The summed E-state index contributed by atoms with van der Waals surface area (Å²) in [5, 5.41) is 3.86. The minimum atomic E-state index is -0.470. The highest BCUT2D eigenvalue weighted by Crippen LogP contribution is 2.27. The van der Waals surface area contributed by atoms with Crippen LogP contribution in [0.4, 0.5) is 11.9 Å². The molecule has 0 saturated heterocycles.